The van der Waals surface area contributed by atoms with Crippen LogP contribution in [0.15, 0.2) is 36.8 Å². The van der Waals surface area contributed by atoms with E-state index in [9.17, 15) is 51.5 Å². The van der Waals surface area contributed by atoms with Gasteiger partial charge in [0.25, 0.3) is 0 Å². The quantitative estimate of drug-likeness (QED) is 0.149. The number of halogens is 3. The first-order valence-electron chi connectivity index (χ1n) is 17.0. The van der Waals surface area contributed by atoms with Crippen LogP contribution in [0.3, 0.4) is 0 Å². The summed E-state index contributed by atoms with van der Waals surface area (Å²) in [6, 6.07) is -0.296. The lowest BCUT2D eigenvalue weighted by Crippen LogP contribution is -2.58. The second-order valence-electron chi connectivity index (χ2n) is 12.2. The fraction of sp³-hybridized carbons (Fsp3) is 0.485. The Bertz CT molecular complexity index is 1650. The topological polar surface area (TPSA) is 261 Å². The molecular weight excluding hydrogens is 721 g/mol. The van der Waals surface area contributed by atoms with Gasteiger partial charge < -0.3 is 47.5 Å². The molecule has 54 heavy (non-hydrogen) atoms. The van der Waals surface area contributed by atoms with Crippen molar-refractivity contribution in [2.75, 3.05) is 32.7 Å². The van der Waals surface area contributed by atoms with Crippen LogP contribution in [0.5, 0.6) is 0 Å². The number of H-pyrrole nitrogens is 1. The van der Waals surface area contributed by atoms with Gasteiger partial charge in [-0.15, -0.1) is 0 Å². The number of nitrogens with zero attached hydrogens (tertiary/aromatic N) is 1. The van der Waals surface area contributed by atoms with Gasteiger partial charge in [0.1, 0.15) is 18.1 Å². The Hall–Kier alpha value is -6.02. The first-order valence-corrected chi connectivity index (χ1v) is 17.0. The summed E-state index contributed by atoms with van der Waals surface area (Å²) in [4.78, 5) is 109. The highest BCUT2D eigenvalue weighted by atomic mass is 19.4. The maximum Gasteiger partial charge on any atom is 0.416 e. The van der Waals surface area contributed by atoms with Crippen molar-refractivity contribution in [1.29, 1.82) is 0 Å². The zero-order chi connectivity index (χ0) is 39.7. The fourth-order valence-electron chi connectivity index (χ4n) is 5.16. The standard InChI is InChI=1S/C33H43F3N10O8/c1-19(47)40-17-29(51)44-23-8-9-26(48)38-10-4-5-11-39-27(49)15-41-28(50)16-42-30(52)24(12-20-6-2-3-7-22(20)33(34,35)36)45-32(54)25(46-31(23)53)13-21-14-37-18-43-21/h2-3,6-7,14,18,23-25H,4-5,8-13,15-17H2,1H3,(H,37,43)(H,38,48)(H,39,49)(H,40,47)(H,41,50)(H,42,52)(H,44,51)(H,45,54)(H,46,53)/t23-,24+,25-/m0/s1. The molecule has 1 aromatic carbocycles. The summed E-state index contributed by atoms with van der Waals surface area (Å²) in [5, 5.41) is 19.4. The summed E-state index contributed by atoms with van der Waals surface area (Å²) in [7, 11) is 0. The summed E-state index contributed by atoms with van der Waals surface area (Å²) in [6.45, 7) is -0.0439. The molecule has 0 saturated carbocycles. The highest BCUT2D eigenvalue weighted by molar-refractivity contribution is 5.96. The molecule has 0 bridgehead atoms. The molecule has 8 amide bonds. The van der Waals surface area contributed by atoms with E-state index in [1.807, 2.05) is 0 Å². The number of imidazole rings is 1. The molecule has 3 atom stereocenters. The minimum atomic E-state index is -4.82. The third kappa shape index (κ3) is 14.9. The van der Waals surface area contributed by atoms with Crippen molar-refractivity contribution in [3.05, 3.63) is 53.6 Å². The molecule has 3 rings (SSSR count). The normalized spacial score (nSPS) is 20.6. The van der Waals surface area contributed by atoms with Gasteiger partial charge in [0.15, 0.2) is 0 Å². The van der Waals surface area contributed by atoms with E-state index < -0.39 is 103 Å². The zero-order valence-corrected chi connectivity index (χ0v) is 29.3. The molecule has 0 aliphatic carbocycles. The van der Waals surface area contributed by atoms with Gasteiger partial charge in [0.05, 0.1) is 31.5 Å². The van der Waals surface area contributed by atoms with Gasteiger partial charge >= 0.3 is 6.18 Å². The number of rotatable bonds is 7. The van der Waals surface area contributed by atoms with Crippen molar-refractivity contribution in [3.8, 4) is 0 Å². The lowest BCUT2D eigenvalue weighted by Gasteiger charge is -2.26. The van der Waals surface area contributed by atoms with Gasteiger partial charge in [-0.2, -0.15) is 13.2 Å². The molecule has 0 unspecified atom stereocenters. The predicted octanol–water partition coefficient (Wildman–Crippen LogP) is -2.16. The molecule has 2 aromatic rings. The minimum Gasteiger partial charge on any atom is -0.356 e. The Labute approximate surface area is 307 Å². The zero-order valence-electron chi connectivity index (χ0n) is 29.3. The number of aromatic nitrogens is 2. The van der Waals surface area contributed by atoms with Gasteiger partial charge in [-0.25, -0.2) is 4.98 Å². The monoisotopic (exact) mass is 764 g/mol. The Morgan fingerprint density at radius 3 is 2.11 bits per heavy atom. The summed E-state index contributed by atoms with van der Waals surface area (Å²) < 4.78 is 41.7. The van der Waals surface area contributed by atoms with Crippen LogP contribution >= 0.6 is 0 Å². The second kappa shape index (κ2) is 20.9. The number of amides is 8. The van der Waals surface area contributed by atoms with E-state index in [-0.39, 0.29) is 37.9 Å². The van der Waals surface area contributed by atoms with Gasteiger partial charge in [-0.1, -0.05) is 18.2 Å². The van der Waals surface area contributed by atoms with Crippen LogP contribution < -0.4 is 42.5 Å². The molecule has 0 spiro atoms. The Morgan fingerprint density at radius 2 is 1.44 bits per heavy atom. The Balaban J connectivity index is 1.96. The largest absolute Gasteiger partial charge is 0.416 e. The maximum atomic E-state index is 13.9. The Morgan fingerprint density at radius 1 is 0.815 bits per heavy atom. The molecule has 1 aliphatic rings. The molecule has 1 aliphatic heterocycles. The SMILES string of the molecule is CC(=O)NCC(=O)N[C@H]1CCC(=O)NCCCCNC(=O)CNC(=O)CNC(=O)[C@@H](Cc2ccccc2C(F)(F)F)NC(=O)[C@H](Cc2cnc[nH]2)NC1=O. The highest BCUT2D eigenvalue weighted by Crippen LogP contribution is 2.32. The van der Waals surface area contributed by atoms with E-state index in [0.29, 0.717) is 18.5 Å². The molecule has 21 heteroatoms. The number of hydrogen-bond donors (Lipinski definition) is 9. The number of hydrogen-bond acceptors (Lipinski definition) is 9. The van der Waals surface area contributed by atoms with Crippen LogP contribution in [0.4, 0.5) is 13.2 Å². The van der Waals surface area contributed by atoms with E-state index in [4.69, 9.17) is 0 Å². The van der Waals surface area contributed by atoms with Crippen molar-refractivity contribution in [3.63, 3.8) is 0 Å². The second-order valence-corrected chi connectivity index (χ2v) is 12.2. The average molecular weight is 765 g/mol. The number of aromatic amines is 1. The molecule has 0 radical (unpaired) electrons. The summed E-state index contributed by atoms with van der Waals surface area (Å²) >= 11 is 0. The van der Waals surface area contributed by atoms with Crippen LogP contribution in [0, 0.1) is 0 Å². The number of nitrogens with one attached hydrogen (secondary N) is 9. The Kier molecular flexibility index (Phi) is 16.4. The lowest BCUT2D eigenvalue weighted by molar-refractivity contribution is -0.138. The van der Waals surface area contributed by atoms with Crippen molar-refractivity contribution >= 4 is 47.3 Å². The van der Waals surface area contributed by atoms with Gasteiger partial charge in [-0.3, -0.25) is 38.4 Å². The lowest BCUT2D eigenvalue weighted by atomic mass is 9.98. The number of carbonyl (C=O) groups is 8. The molecular formula is C33H43F3N10O8. The molecule has 294 valence electrons. The first kappa shape index (κ1) is 42.4. The predicted molar refractivity (Wildman–Crippen MR) is 182 cm³/mol. The summed E-state index contributed by atoms with van der Waals surface area (Å²) in [5.41, 5.74) is -1.12. The van der Waals surface area contributed by atoms with Crippen molar-refractivity contribution < 1.29 is 51.5 Å². The summed E-state index contributed by atoms with van der Waals surface area (Å²) in [6.07, 6.45) is -2.76. The maximum absolute atomic E-state index is 13.9. The first-order chi connectivity index (χ1) is 25.6. The van der Waals surface area contributed by atoms with Crippen LogP contribution in [-0.4, -0.2) is 108 Å². The van der Waals surface area contributed by atoms with Crippen molar-refractivity contribution in [2.45, 2.75) is 69.8 Å². The molecule has 18 nitrogen and oxygen atoms in total. The van der Waals surface area contributed by atoms with Crippen LogP contribution in [0.1, 0.15) is 49.4 Å². The number of benzene rings is 1. The average Bonchev–Trinajstić information content (AvgIpc) is 3.64. The smallest absolute Gasteiger partial charge is 0.356 e. The third-order valence-corrected chi connectivity index (χ3v) is 7.92. The van der Waals surface area contributed by atoms with E-state index in [0.717, 1.165) is 18.2 Å². The molecule has 9 N–H and O–H groups in total. The van der Waals surface area contributed by atoms with Crippen molar-refractivity contribution in [1.82, 2.24) is 52.5 Å². The van der Waals surface area contributed by atoms with E-state index in [2.05, 4.69) is 52.5 Å². The van der Waals surface area contributed by atoms with Crippen LogP contribution in [-0.2, 0) is 57.4 Å². The third-order valence-electron chi connectivity index (χ3n) is 7.92. The summed E-state index contributed by atoms with van der Waals surface area (Å²) in [5.74, 6) is -6.18. The number of alkyl halides is 3. The highest BCUT2D eigenvalue weighted by Gasteiger charge is 2.36. The van der Waals surface area contributed by atoms with E-state index in [1.165, 1.54) is 25.5 Å². The van der Waals surface area contributed by atoms with Crippen LogP contribution in [0.25, 0.3) is 0 Å². The van der Waals surface area contributed by atoms with E-state index in [1.54, 1.807) is 0 Å². The van der Waals surface area contributed by atoms with Gasteiger partial charge in [0, 0.05) is 51.2 Å². The number of carbonyl (C=O) groups excluding carboxylic acids is 8. The molecule has 1 saturated heterocycles. The molecule has 1 fully saturated rings. The fourth-order valence-corrected chi connectivity index (χ4v) is 5.16. The van der Waals surface area contributed by atoms with Crippen molar-refractivity contribution in [2.24, 2.45) is 0 Å². The molecule has 2 heterocycles. The van der Waals surface area contributed by atoms with Crippen LogP contribution in [0.2, 0.25) is 0 Å². The molecule has 1 aromatic heterocycles. The van der Waals surface area contributed by atoms with Gasteiger partial charge in [-0.05, 0) is 30.9 Å². The van der Waals surface area contributed by atoms with E-state index >= 15 is 0 Å². The minimum absolute atomic E-state index is 0.213. The van der Waals surface area contributed by atoms with Gasteiger partial charge in [0.2, 0.25) is 47.3 Å².